The highest BCUT2D eigenvalue weighted by molar-refractivity contribution is 6.41. The van der Waals surface area contributed by atoms with E-state index in [1.165, 1.54) is 0 Å². The monoisotopic (exact) mass is 332 g/mol. The van der Waals surface area contributed by atoms with Crippen LogP contribution in [0.1, 0.15) is 5.56 Å². The molecule has 0 atom stereocenters. The molecule has 2 rings (SSSR count). The Balaban J connectivity index is 2.15. The molecular formula is C13H8Cl4N2. The Morgan fingerprint density at radius 3 is 2.21 bits per heavy atom. The molecule has 6 heteroatoms. The molecule has 0 unspecified atom stereocenters. The van der Waals surface area contributed by atoms with E-state index in [-0.39, 0.29) is 0 Å². The number of hydrogen-bond acceptors (Lipinski definition) is 2. The van der Waals surface area contributed by atoms with Crippen LogP contribution >= 0.6 is 46.4 Å². The number of nitrogens with zero attached hydrogens (tertiary/aromatic N) is 1. The van der Waals surface area contributed by atoms with E-state index < -0.39 is 0 Å². The average Bonchev–Trinajstić information content (AvgIpc) is 2.32. The normalized spacial score (nSPS) is 10.9. The minimum atomic E-state index is 0.403. The van der Waals surface area contributed by atoms with Crippen molar-refractivity contribution in [3.63, 3.8) is 0 Å². The predicted molar refractivity (Wildman–Crippen MR) is 84.1 cm³/mol. The Labute approximate surface area is 130 Å². The van der Waals surface area contributed by atoms with E-state index in [4.69, 9.17) is 46.4 Å². The second-order valence-electron chi connectivity index (χ2n) is 3.67. The van der Waals surface area contributed by atoms with Crippen LogP contribution in [0.4, 0.5) is 5.69 Å². The van der Waals surface area contributed by atoms with Crippen LogP contribution in [0.25, 0.3) is 0 Å². The number of anilines is 1. The van der Waals surface area contributed by atoms with Crippen molar-refractivity contribution in [1.82, 2.24) is 0 Å². The summed E-state index contributed by atoms with van der Waals surface area (Å²) in [6.07, 6.45) is 1.62. The van der Waals surface area contributed by atoms with Gasteiger partial charge in [-0.3, -0.25) is 5.43 Å². The first-order valence-electron chi connectivity index (χ1n) is 5.25. The van der Waals surface area contributed by atoms with Crippen molar-refractivity contribution in [1.29, 1.82) is 0 Å². The molecule has 0 spiro atoms. The molecule has 0 aliphatic rings. The summed E-state index contributed by atoms with van der Waals surface area (Å²) in [6.45, 7) is 0. The smallest absolute Gasteiger partial charge is 0.0935 e. The lowest BCUT2D eigenvalue weighted by molar-refractivity contribution is 1.35. The number of hydrazone groups is 1. The molecule has 0 saturated carbocycles. The first-order chi connectivity index (χ1) is 9.06. The molecule has 2 nitrogen and oxygen atoms in total. The minimum absolute atomic E-state index is 0.403. The lowest BCUT2D eigenvalue weighted by Crippen LogP contribution is -1.92. The molecule has 0 heterocycles. The molecule has 0 aromatic heterocycles. The first kappa shape index (κ1) is 14.5. The first-order valence-corrected chi connectivity index (χ1v) is 6.76. The quantitative estimate of drug-likeness (QED) is 0.561. The van der Waals surface area contributed by atoms with Gasteiger partial charge in [0.15, 0.2) is 0 Å². The Morgan fingerprint density at radius 2 is 1.58 bits per heavy atom. The molecule has 0 saturated heterocycles. The fraction of sp³-hybridized carbons (Fsp3) is 0. The van der Waals surface area contributed by atoms with Crippen molar-refractivity contribution in [2.75, 3.05) is 5.43 Å². The van der Waals surface area contributed by atoms with Crippen molar-refractivity contribution in [2.45, 2.75) is 0 Å². The number of rotatable bonds is 3. The molecular weight excluding hydrogens is 326 g/mol. The summed E-state index contributed by atoms with van der Waals surface area (Å²) >= 11 is 23.7. The van der Waals surface area contributed by atoms with E-state index in [0.29, 0.717) is 25.8 Å². The maximum absolute atomic E-state index is 6.02. The van der Waals surface area contributed by atoms with Gasteiger partial charge in [-0.25, -0.2) is 0 Å². The standard InChI is InChI=1S/C13H8Cl4N2/c14-9-3-1-2-8(4-9)7-18-19-13-11(16)5-10(15)6-12(13)17/h1-7,19H. The molecule has 0 bridgehead atoms. The van der Waals surface area contributed by atoms with Gasteiger partial charge in [0.1, 0.15) is 0 Å². The van der Waals surface area contributed by atoms with E-state index in [1.54, 1.807) is 30.5 Å². The van der Waals surface area contributed by atoms with Gasteiger partial charge in [-0.1, -0.05) is 58.5 Å². The molecule has 0 aliphatic carbocycles. The van der Waals surface area contributed by atoms with Crippen LogP contribution in [0.5, 0.6) is 0 Å². The van der Waals surface area contributed by atoms with Gasteiger partial charge in [0.2, 0.25) is 0 Å². The van der Waals surface area contributed by atoms with Gasteiger partial charge >= 0.3 is 0 Å². The Bertz CT molecular complexity index is 603. The fourth-order valence-electron chi connectivity index (χ4n) is 1.41. The van der Waals surface area contributed by atoms with Crippen molar-refractivity contribution >= 4 is 58.3 Å². The SMILES string of the molecule is Clc1cccc(C=NNc2c(Cl)cc(Cl)cc2Cl)c1. The molecule has 1 N–H and O–H groups in total. The summed E-state index contributed by atoms with van der Waals surface area (Å²) in [5.74, 6) is 0. The summed E-state index contributed by atoms with van der Waals surface area (Å²) in [5.41, 5.74) is 4.15. The van der Waals surface area contributed by atoms with Gasteiger partial charge in [-0.2, -0.15) is 5.10 Å². The molecule has 0 amide bonds. The van der Waals surface area contributed by atoms with Crippen molar-refractivity contribution in [3.05, 3.63) is 62.1 Å². The van der Waals surface area contributed by atoms with Crippen LogP contribution in [0.2, 0.25) is 20.1 Å². The minimum Gasteiger partial charge on any atom is -0.275 e. The summed E-state index contributed by atoms with van der Waals surface area (Å²) < 4.78 is 0. The molecule has 0 aliphatic heterocycles. The average molecular weight is 334 g/mol. The maximum atomic E-state index is 6.02. The van der Waals surface area contributed by atoms with Gasteiger partial charge in [0.05, 0.1) is 21.9 Å². The highest BCUT2D eigenvalue weighted by Crippen LogP contribution is 2.33. The van der Waals surface area contributed by atoms with Crippen LogP contribution in [0, 0.1) is 0 Å². The van der Waals surface area contributed by atoms with E-state index in [9.17, 15) is 0 Å². The molecule has 2 aromatic rings. The number of nitrogens with one attached hydrogen (secondary N) is 1. The largest absolute Gasteiger partial charge is 0.275 e. The molecule has 2 aromatic carbocycles. The number of hydrogen-bond donors (Lipinski definition) is 1. The highest BCUT2D eigenvalue weighted by atomic mass is 35.5. The third-order valence-electron chi connectivity index (χ3n) is 2.25. The van der Waals surface area contributed by atoms with Gasteiger partial charge in [-0.05, 0) is 29.8 Å². The topological polar surface area (TPSA) is 24.4 Å². The maximum Gasteiger partial charge on any atom is 0.0935 e. The van der Waals surface area contributed by atoms with Gasteiger partial charge in [0, 0.05) is 10.0 Å². The zero-order chi connectivity index (χ0) is 13.8. The van der Waals surface area contributed by atoms with Gasteiger partial charge in [-0.15, -0.1) is 0 Å². The molecule has 0 radical (unpaired) electrons. The zero-order valence-corrected chi connectivity index (χ0v) is 12.5. The van der Waals surface area contributed by atoms with E-state index in [0.717, 1.165) is 5.56 Å². The zero-order valence-electron chi connectivity index (χ0n) is 9.50. The summed E-state index contributed by atoms with van der Waals surface area (Å²) in [6, 6.07) is 10.5. The van der Waals surface area contributed by atoms with Crippen LogP contribution in [0.3, 0.4) is 0 Å². The van der Waals surface area contributed by atoms with E-state index in [2.05, 4.69) is 10.5 Å². The summed E-state index contributed by atoms with van der Waals surface area (Å²) in [7, 11) is 0. The second-order valence-corrected chi connectivity index (χ2v) is 5.36. The third kappa shape index (κ3) is 4.02. The highest BCUT2D eigenvalue weighted by Gasteiger charge is 2.06. The van der Waals surface area contributed by atoms with Crippen LogP contribution in [0.15, 0.2) is 41.5 Å². The lowest BCUT2D eigenvalue weighted by Gasteiger charge is -2.06. The molecule has 98 valence electrons. The van der Waals surface area contributed by atoms with Crippen LogP contribution < -0.4 is 5.43 Å². The number of halogens is 4. The van der Waals surface area contributed by atoms with Crippen molar-refractivity contribution in [3.8, 4) is 0 Å². The summed E-state index contributed by atoms with van der Waals surface area (Å²) in [5, 5.41) is 5.98. The van der Waals surface area contributed by atoms with Crippen molar-refractivity contribution < 1.29 is 0 Å². The number of benzene rings is 2. The Morgan fingerprint density at radius 1 is 0.895 bits per heavy atom. The van der Waals surface area contributed by atoms with Gasteiger partial charge in [0.25, 0.3) is 0 Å². The van der Waals surface area contributed by atoms with E-state index >= 15 is 0 Å². The van der Waals surface area contributed by atoms with Gasteiger partial charge < -0.3 is 0 Å². The third-order valence-corrected chi connectivity index (χ3v) is 3.30. The predicted octanol–water partition coefficient (Wildman–Crippen LogP) is 5.75. The molecule has 0 fully saturated rings. The Kier molecular flexibility index (Phi) is 4.94. The van der Waals surface area contributed by atoms with Crippen LogP contribution in [-0.4, -0.2) is 6.21 Å². The van der Waals surface area contributed by atoms with E-state index in [1.807, 2.05) is 12.1 Å². The lowest BCUT2D eigenvalue weighted by atomic mass is 10.2. The summed E-state index contributed by atoms with van der Waals surface area (Å²) in [4.78, 5) is 0. The van der Waals surface area contributed by atoms with Crippen LogP contribution in [-0.2, 0) is 0 Å². The fourth-order valence-corrected chi connectivity index (χ4v) is 2.51. The van der Waals surface area contributed by atoms with Crippen molar-refractivity contribution in [2.24, 2.45) is 5.10 Å². The Hall–Kier alpha value is -0.930. The second kappa shape index (κ2) is 6.49. The molecule has 19 heavy (non-hydrogen) atoms.